The summed E-state index contributed by atoms with van der Waals surface area (Å²) < 4.78 is 1.70. The average Bonchev–Trinajstić information content (AvgIpc) is 1.93. The molecule has 0 unspecified atom stereocenters. The van der Waals surface area contributed by atoms with Crippen molar-refractivity contribution in [2.75, 3.05) is 0 Å². The Hall–Kier alpha value is 0.760. The van der Waals surface area contributed by atoms with Gasteiger partial charge >= 0.3 is 0 Å². The Bertz CT molecular complexity index is 233. The molecule has 10 heavy (non-hydrogen) atoms. The van der Waals surface area contributed by atoms with E-state index in [0.717, 1.165) is 8.95 Å². The topological polar surface area (TPSA) is 0 Å². The summed E-state index contributed by atoms with van der Waals surface area (Å²) in [6, 6.07) is 3.57. The largest absolute Gasteiger partial charge is 0.0827 e. The molecule has 0 radical (unpaired) electrons. The van der Waals surface area contributed by atoms with Gasteiger partial charge in [-0.15, -0.1) is 0 Å². The highest BCUT2D eigenvalue weighted by atomic mass is 79.9. The van der Waals surface area contributed by atoms with Crippen LogP contribution in [0.5, 0.6) is 0 Å². The van der Waals surface area contributed by atoms with Gasteiger partial charge in [-0.05, 0) is 44.0 Å². The van der Waals surface area contributed by atoms with Crippen LogP contribution in [-0.2, 0) is 0 Å². The molecular formula is C6H2Br2Cl2. The minimum absolute atomic E-state index is 0.538. The minimum atomic E-state index is 0.538. The van der Waals surface area contributed by atoms with Crippen molar-refractivity contribution in [1.82, 2.24) is 0 Å². The molecule has 0 spiro atoms. The second-order valence-electron chi connectivity index (χ2n) is 1.66. The first-order valence-electron chi connectivity index (χ1n) is 2.42. The quantitative estimate of drug-likeness (QED) is 0.488. The molecule has 0 atom stereocenters. The fourth-order valence-electron chi connectivity index (χ4n) is 0.502. The standard InChI is InChI=1S/C6H2Br2Cl2/c7-3-1-2-4(9)6(10)5(3)8/h1-2H. The molecule has 1 aromatic carbocycles. The van der Waals surface area contributed by atoms with Gasteiger partial charge in [0.2, 0.25) is 0 Å². The van der Waals surface area contributed by atoms with Crippen LogP contribution < -0.4 is 0 Å². The van der Waals surface area contributed by atoms with Crippen molar-refractivity contribution in [3.05, 3.63) is 31.1 Å². The summed E-state index contributed by atoms with van der Waals surface area (Å²) >= 11 is 18.0. The van der Waals surface area contributed by atoms with Crippen molar-refractivity contribution >= 4 is 55.1 Å². The number of hydrogen-bond acceptors (Lipinski definition) is 0. The number of benzene rings is 1. The maximum absolute atomic E-state index is 5.77. The van der Waals surface area contributed by atoms with Crippen LogP contribution in [-0.4, -0.2) is 0 Å². The van der Waals surface area contributed by atoms with E-state index in [9.17, 15) is 0 Å². The molecule has 1 rings (SSSR count). The summed E-state index contributed by atoms with van der Waals surface area (Å²) in [6.07, 6.45) is 0. The van der Waals surface area contributed by atoms with Gasteiger partial charge in [0.25, 0.3) is 0 Å². The second-order valence-corrected chi connectivity index (χ2v) is 4.09. The maximum Gasteiger partial charge on any atom is 0.0745 e. The highest BCUT2D eigenvalue weighted by Gasteiger charge is 2.04. The van der Waals surface area contributed by atoms with E-state index < -0.39 is 0 Å². The minimum Gasteiger partial charge on any atom is -0.0827 e. The van der Waals surface area contributed by atoms with E-state index in [1.54, 1.807) is 6.07 Å². The molecule has 0 fully saturated rings. The zero-order valence-corrected chi connectivity index (χ0v) is 9.35. The van der Waals surface area contributed by atoms with E-state index in [4.69, 9.17) is 23.2 Å². The third-order valence-corrected chi connectivity index (χ3v) is 4.04. The van der Waals surface area contributed by atoms with Crippen molar-refractivity contribution in [3.63, 3.8) is 0 Å². The van der Waals surface area contributed by atoms with Crippen LogP contribution in [0.15, 0.2) is 21.1 Å². The summed E-state index contributed by atoms with van der Waals surface area (Å²) in [6.45, 7) is 0. The molecule has 0 heterocycles. The Morgan fingerprint density at radius 1 is 1.10 bits per heavy atom. The van der Waals surface area contributed by atoms with E-state index >= 15 is 0 Å². The average molecular weight is 305 g/mol. The first-order chi connectivity index (χ1) is 4.63. The smallest absolute Gasteiger partial charge is 0.0745 e. The molecule has 0 N–H and O–H groups in total. The summed E-state index contributed by atoms with van der Waals surface area (Å²) in [4.78, 5) is 0. The second kappa shape index (κ2) is 3.44. The summed E-state index contributed by atoms with van der Waals surface area (Å²) in [7, 11) is 0. The molecular weight excluding hydrogens is 303 g/mol. The molecule has 0 aromatic heterocycles. The first-order valence-corrected chi connectivity index (χ1v) is 4.76. The molecule has 0 bridgehead atoms. The summed E-state index contributed by atoms with van der Waals surface area (Å²) in [5.41, 5.74) is 0. The van der Waals surface area contributed by atoms with Gasteiger partial charge in [0.15, 0.2) is 0 Å². The normalized spacial score (nSPS) is 10.0. The summed E-state index contributed by atoms with van der Waals surface area (Å²) in [5, 5.41) is 1.09. The van der Waals surface area contributed by atoms with Gasteiger partial charge in [-0.1, -0.05) is 23.2 Å². The van der Waals surface area contributed by atoms with Gasteiger partial charge in [-0.25, -0.2) is 0 Å². The summed E-state index contributed by atoms with van der Waals surface area (Å²) in [5.74, 6) is 0. The predicted octanol–water partition coefficient (Wildman–Crippen LogP) is 4.52. The Morgan fingerprint density at radius 3 is 2.20 bits per heavy atom. The van der Waals surface area contributed by atoms with Crippen LogP contribution in [0.25, 0.3) is 0 Å². The number of hydrogen-bond donors (Lipinski definition) is 0. The van der Waals surface area contributed by atoms with Gasteiger partial charge in [-0.3, -0.25) is 0 Å². The molecule has 0 saturated heterocycles. The fourth-order valence-corrected chi connectivity index (χ4v) is 1.73. The van der Waals surface area contributed by atoms with Crippen LogP contribution in [0, 0.1) is 0 Å². The van der Waals surface area contributed by atoms with E-state index in [2.05, 4.69) is 31.9 Å². The Morgan fingerprint density at radius 2 is 1.70 bits per heavy atom. The molecule has 0 nitrogen and oxygen atoms in total. The van der Waals surface area contributed by atoms with E-state index in [0.29, 0.717) is 10.0 Å². The van der Waals surface area contributed by atoms with Crippen LogP contribution in [0.2, 0.25) is 10.0 Å². The Kier molecular flexibility index (Phi) is 3.04. The molecule has 0 amide bonds. The molecule has 1 aromatic rings. The Balaban J connectivity index is 3.34. The maximum atomic E-state index is 5.77. The molecule has 0 aliphatic carbocycles. The fraction of sp³-hybridized carbons (Fsp3) is 0. The van der Waals surface area contributed by atoms with E-state index in [-0.39, 0.29) is 0 Å². The SMILES string of the molecule is Clc1ccc(Br)c(Br)c1Cl. The molecule has 54 valence electrons. The zero-order chi connectivity index (χ0) is 7.72. The van der Waals surface area contributed by atoms with Gasteiger partial charge in [0.05, 0.1) is 14.5 Å². The zero-order valence-electron chi connectivity index (χ0n) is 4.67. The third kappa shape index (κ3) is 1.67. The molecule has 4 heteroatoms. The molecule has 0 aliphatic rings. The van der Waals surface area contributed by atoms with E-state index in [1.165, 1.54) is 0 Å². The van der Waals surface area contributed by atoms with Crippen molar-refractivity contribution in [3.8, 4) is 0 Å². The lowest BCUT2D eigenvalue weighted by molar-refractivity contribution is 1.59. The van der Waals surface area contributed by atoms with Gasteiger partial charge in [0, 0.05) is 4.47 Å². The van der Waals surface area contributed by atoms with E-state index in [1.807, 2.05) is 6.07 Å². The number of halogens is 4. The van der Waals surface area contributed by atoms with Crippen molar-refractivity contribution < 1.29 is 0 Å². The van der Waals surface area contributed by atoms with Gasteiger partial charge in [-0.2, -0.15) is 0 Å². The van der Waals surface area contributed by atoms with Crippen LogP contribution in [0.1, 0.15) is 0 Å². The highest BCUT2D eigenvalue weighted by molar-refractivity contribution is 9.13. The first kappa shape index (κ1) is 8.85. The lowest BCUT2D eigenvalue weighted by atomic mass is 10.4. The molecule has 0 aliphatic heterocycles. The lowest BCUT2D eigenvalue weighted by Crippen LogP contribution is -1.72. The van der Waals surface area contributed by atoms with Crippen molar-refractivity contribution in [2.24, 2.45) is 0 Å². The van der Waals surface area contributed by atoms with Crippen molar-refractivity contribution in [2.45, 2.75) is 0 Å². The molecule has 0 saturated carbocycles. The predicted molar refractivity (Wildman–Crippen MR) is 51.9 cm³/mol. The third-order valence-electron chi connectivity index (χ3n) is 0.988. The van der Waals surface area contributed by atoms with Gasteiger partial charge in [0.1, 0.15) is 0 Å². The highest BCUT2D eigenvalue weighted by Crippen LogP contribution is 2.35. The van der Waals surface area contributed by atoms with Crippen molar-refractivity contribution in [1.29, 1.82) is 0 Å². The monoisotopic (exact) mass is 302 g/mol. The number of rotatable bonds is 0. The van der Waals surface area contributed by atoms with Gasteiger partial charge < -0.3 is 0 Å². The van der Waals surface area contributed by atoms with Crippen LogP contribution >= 0.6 is 55.1 Å². The van der Waals surface area contributed by atoms with Crippen LogP contribution in [0.3, 0.4) is 0 Å². The lowest BCUT2D eigenvalue weighted by Gasteiger charge is -1.99. The Labute approximate surface area is 85.8 Å². The van der Waals surface area contributed by atoms with Crippen LogP contribution in [0.4, 0.5) is 0 Å².